The Hall–Kier alpha value is -1.55. The third-order valence-electron chi connectivity index (χ3n) is 2.82. The van der Waals surface area contributed by atoms with Gasteiger partial charge in [0.2, 0.25) is 0 Å². The molecule has 0 radical (unpaired) electrons. The molecule has 0 unspecified atom stereocenters. The van der Waals surface area contributed by atoms with Crippen LogP contribution in [0.1, 0.15) is 18.4 Å². The number of methoxy groups -OCH3 is 1. The van der Waals surface area contributed by atoms with Gasteiger partial charge in [-0.1, -0.05) is 18.2 Å². The Morgan fingerprint density at radius 2 is 2.24 bits per heavy atom. The second-order valence-corrected chi connectivity index (χ2v) is 4.02. The number of benzene rings is 1. The summed E-state index contributed by atoms with van der Waals surface area (Å²) in [5.74, 6) is 0.743. The van der Waals surface area contributed by atoms with Crippen LogP contribution in [0.4, 0.5) is 0 Å². The quantitative estimate of drug-likeness (QED) is 0.801. The van der Waals surface area contributed by atoms with Crippen LogP contribution in [0.2, 0.25) is 0 Å². The summed E-state index contributed by atoms with van der Waals surface area (Å²) in [4.78, 5) is 17.3. The van der Waals surface area contributed by atoms with Gasteiger partial charge in [-0.3, -0.25) is 9.63 Å². The molecule has 4 nitrogen and oxygen atoms in total. The first kappa shape index (κ1) is 11.9. The zero-order valence-corrected chi connectivity index (χ0v) is 10.0. The van der Waals surface area contributed by atoms with Gasteiger partial charge in [0.1, 0.15) is 5.75 Å². The Morgan fingerprint density at radius 1 is 1.41 bits per heavy atom. The van der Waals surface area contributed by atoms with Crippen LogP contribution in [0.5, 0.6) is 5.75 Å². The van der Waals surface area contributed by atoms with E-state index in [0.29, 0.717) is 19.6 Å². The number of amides is 1. The summed E-state index contributed by atoms with van der Waals surface area (Å²) < 4.78 is 5.22. The van der Waals surface area contributed by atoms with Gasteiger partial charge in [0, 0.05) is 12.1 Å². The summed E-state index contributed by atoms with van der Waals surface area (Å²) in [6.45, 7) is 1.33. The van der Waals surface area contributed by atoms with E-state index in [-0.39, 0.29) is 5.91 Å². The molecule has 0 aliphatic carbocycles. The van der Waals surface area contributed by atoms with Gasteiger partial charge in [-0.2, -0.15) is 0 Å². The van der Waals surface area contributed by atoms with Crippen molar-refractivity contribution in [2.45, 2.75) is 19.3 Å². The number of hydrogen-bond donors (Lipinski definition) is 0. The molecule has 1 heterocycles. The van der Waals surface area contributed by atoms with Crippen molar-refractivity contribution in [3.8, 4) is 5.75 Å². The van der Waals surface area contributed by atoms with E-state index in [4.69, 9.17) is 9.57 Å². The van der Waals surface area contributed by atoms with E-state index in [1.165, 1.54) is 5.06 Å². The average molecular weight is 235 g/mol. The Balaban J connectivity index is 2.01. The zero-order valence-electron chi connectivity index (χ0n) is 10.0. The molecule has 0 spiro atoms. The first-order valence-electron chi connectivity index (χ1n) is 5.86. The summed E-state index contributed by atoms with van der Waals surface area (Å²) in [5.41, 5.74) is 0.897. The lowest BCUT2D eigenvalue weighted by Gasteiger charge is -2.26. The molecule has 17 heavy (non-hydrogen) atoms. The molecule has 1 saturated heterocycles. The smallest absolute Gasteiger partial charge is 0.250 e. The molecule has 0 aromatic heterocycles. The van der Waals surface area contributed by atoms with Crippen molar-refractivity contribution in [1.29, 1.82) is 0 Å². The lowest BCUT2D eigenvalue weighted by Crippen LogP contribution is -2.36. The van der Waals surface area contributed by atoms with Crippen LogP contribution < -0.4 is 4.74 Å². The molecule has 0 bridgehead atoms. The van der Waals surface area contributed by atoms with Crippen molar-refractivity contribution in [2.75, 3.05) is 20.3 Å². The molecule has 1 aromatic rings. The molecule has 92 valence electrons. The maximum atomic E-state index is 12.0. The second-order valence-electron chi connectivity index (χ2n) is 4.02. The zero-order chi connectivity index (χ0) is 12.1. The highest BCUT2D eigenvalue weighted by Gasteiger charge is 2.19. The van der Waals surface area contributed by atoms with E-state index in [1.807, 2.05) is 24.3 Å². The first-order valence-corrected chi connectivity index (χ1v) is 5.86. The number of rotatable bonds is 3. The van der Waals surface area contributed by atoms with Crippen LogP contribution >= 0.6 is 0 Å². The van der Waals surface area contributed by atoms with E-state index in [9.17, 15) is 4.79 Å². The predicted molar refractivity (Wildman–Crippen MR) is 63.6 cm³/mol. The molecule has 0 N–H and O–H groups in total. The van der Waals surface area contributed by atoms with E-state index in [0.717, 1.165) is 24.2 Å². The fourth-order valence-corrected chi connectivity index (χ4v) is 1.89. The van der Waals surface area contributed by atoms with Crippen molar-refractivity contribution in [3.63, 3.8) is 0 Å². The van der Waals surface area contributed by atoms with Gasteiger partial charge in [0.05, 0.1) is 20.1 Å². The molecular weight excluding hydrogens is 218 g/mol. The molecule has 1 aromatic carbocycles. The van der Waals surface area contributed by atoms with E-state index in [1.54, 1.807) is 7.11 Å². The Labute approximate surface area is 101 Å². The maximum absolute atomic E-state index is 12.0. The third kappa shape index (κ3) is 2.97. The highest BCUT2D eigenvalue weighted by molar-refractivity contribution is 5.78. The molecule has 0 atom stereocenters. The van der Waals surface area contributed by atoms with Crippen LogP contribution in [0, 0.1) is 0 Å². The molecule has 4 heteroatoms. The standard InChI is InChI=1S/C13H17NO3/c1-16-12-7-3-2-6-11(12)10-13(15)14-8-4-5-9-17-14/h2-3,6-7H,4-5,8-10H2,1H3. The largest absolute Gasteiger partial charge is 0.496 e. The molecule has 0 saturated carbocycles. The van der Waals surface area contributed by atoms with Crippen LogP contribution in [0.15, 0.2) is 24.3 Å². The fourth-order valence-electron chi connectivity index (χ4n) is 1.89. The predicted octanol–water partition coefficient (Wildman–Crippen LogP) is 1.79. The van der Waals surface area contributed by atoms with Crippen LogP contribution in [0.3, 0.4) is 0 Å². The minimum absolute atomic E-state index is 0.00537. The molecule has 1 aliphatic rings. The number of nitrogens with zero attached hydrogens (tertiary/aromatic N) is 1. The highest BCUT2D eigenvalue weighted by Crippen LogP contribution is 2.19. The fraction of sp³-hybridized carbons (Fsp3) is 0.462. The van der Waals surface area contributed by atoms with Gasteiger partial charge >= 0.3 is 0 Å². The summed E-state index contributed by atoms with van der Waals surface area (Å²) in [6.07, 6.45) is 2.36. The third-order valence-corrected chi connectivity index (χ3v) is 2.82. The summed E-state index contributed by atoms with van der Waals surface area (Å²) >= 11 is 0. The lowest BCUT2D eigenvalue weighted by molar-refractivity contribution is -0.196. The number of ether oxygens (including phenoxy) is 1. The summed E-state index contributed by atoms with van der Waals surface area (Å²) in [6, 6.07) is 7.56. The molecule has 1 aliphatic heterocycles. The van der Waals surface area contributed by atoms with Crippen LogP contribution in [-0.2, 0) is 16.1 Å². The average Bonchev–Trinajstić information content (AvgIpc) is 2.40. The monoisotopic (exact) mass is 235 g/mol. The van der Waals surface area contributed by atoms with Crippen molar-refractivity contribution < 1.29 is 14.4 Å². The van der Waals surface area contributed by atoms with E-state index >= 15 is 0 Å². The van der Waals surface area contributed by atoms with Gasteiger partial charge in [0.15, 0.2) is 0 Å². The SMILES string of the molecule is COc1ccccc1CC(=O)N1CCCCO1. The van der Waals surface area contributed by atoms with Gasteiger partial charge in [-0.05, 0) is 18.9 Å². The van der Waals surface area contributed by atoms with Gasteiger partial charge in [0.25, 0.3) is 5.91 Å². The normalized spacial score (nSPS) is 15.7. The minimum atomic E-state index is -0.00537. The Morgan fingerprint density at radius 3 is 2.94 bits per heavy atom. The summed E-state index contributed by atoms with van der Waals surface area (Å²) in [5, 5.41) is 1.47. The van der Waals surface area contributed by atoms with Crippen LogP contribution in [0.25, 0.3) is 0 Å². The van der Waals surface area contributed by atoms with Crippen molar-refractivity contribution >= 4 is 5.91 Å². The van der Waals surface area contributed by atoms with Crippen molar-refractivity contribution in [2.24, 2.45) is 0 Å². The number of hydrogen-bond acceptors (Lipinski definition) is 3. The number of para-hydroxylation sites is 1. The molecule has 1 fully saturated rings. The lowest BCUT2D eigenvalue weighted by atomic mass is 10.1. The summed E-state index contributed by atoms with van der Waals surface area (Å²) in [7, 11) is 1.61. The molecular formula is C13H17NO3. The topological polar surface area (TPSA) is 38.8 Å². The molecule has 1 amide bonds. The number of carbonyl (C=O) groups is 1. The molecule has 2 rings (SSSR count). The van der Waals surface area contributed by atoms with Crippen LogP contribution in [-0.4, -0.2) is 31.2 Å². The van der Waals surface area contributed by atoms with E-state index in [2.05, 4.69) is 0 Å². The van der Waals surface area contributed by atoms with Gasteiger partial charge < -0.3 is 4.74 Å². The van der Waals surface area contributed by atoms with E-state index < -0.39 is 0 Å². The minimum Gasteiger partial charge on any atom is -0.496 e. The number of carbonyl (C=O) groups excluding carboxylic acids is 1. The maximum Gasteiger partial charge on any atom is 0.250 e. The van der Waals surface area contributed by atoms with Gasteiger partial charge in [-0.15, -0.1) is 0 Å². The highest BCUT2D eigenvalue weighted by atomic mass is 16.7. The van der Waals surface area contributed by atoms with Gasteiger partial charge in [-0.25, -0.2) is 5.06 Å². The number of hydroxylamine groups is 2. The second kappa shape index (κ2) is 5.68. The Bertz CT molecular complexity index is 386. The van der Waals surface area contributed by atoms with Crippen molar-refractivity contribution in [1.82, 2.24) is 5.06 Å². The Kier molecular flexibility index (Phi) is 3.98. The first-order chi connectivity index (χ1) is 8.31. The van der Waals surface area contributed by atoms with Crippen molar-refractivity contribution in [3.05, 3.63) is 29.8 Å².